The Kier molecular flexibility index (Phi) is 15.5. The highest BCUT2D eigenvalue weighted by Gasteiger charge is 2.22. The lowest BCUT2D eigenvalue weighted by Crippen LogP contribution is -2.11. The fourth-order valence-electron chi connectivity index (χ4n) is 4.88. The molecule has 0 bridgehead atoms. The first-order chi connectivity index (χ1) is 22.3. The number of nitrogens with two attached hydrogens (primary N) is 1. The summed E-state index contributed by atoms with van der Waals surface area (Å²) >= 11 is 1.91. The number of nitrogens with zero attached hydrogens (tertiary/aromatic N) is 4. The van der Waals surface area contributed by atoms with Gasteiger partial charge in [0, 0.05) is 57.0 Å². The van der Waals surface area contributed by atoms with Crippen LogP contribution in [0.25, 0.3) is 11.3 Å². The van der Waals surface area contributed by atoms with Crippen molar-refractivity contribution in [3.05, 3.63) is 99.8 Å². The fourth-order valence-corrected chi connectivity index (χ4v) is 6.05. The van der Waals surface area contributed by atoms with Crippen LogP contribution in [0.1, 0.15) is 90.5 Å². The molecule has 2 aromatic heterocycles. The number of hydrogen-bond acceptors (Lipinski definition) is 8. The van der Waals surface area contributed by atoms with Gasteiger partial charge >= 0.3 is 0 Å². The molecule has 2 N–H and O–H groups in total. The molecule has 0 amide bonds. The summed E-state index contributed by atoms with van der Waals surface area (Å²) in [7, 11) is 0. The van der Waals surface area contributed by atoms with Crippen LogP contribution in [0.5, 0.6) is 0 Å². The highest BCUT2D eigenvalue weighted by atomic mass is 32.2. The van der Waals surface area contributed by atoms with E-state index in [2.05, 4.69) is 78.1 Å². The summed E-state index contributed by atoms with van der Waals surface area (Å²) in [5.41, 5.74) is 15.2. The third-order valence-electron chi connectivity index (χ3n) is 7.67. The molecule has 2 unspecified atom stereocenters. The molecule has 244 valence electrons. The van der Waals surface area contributed by atoms with Crippen LogP contribution in [0.15, 0.2) is 92.5 Å². The van der Waals surface area contributed by atoms with E-state index < -0.39 is 0 Å². The second-order valence-corrected chi connectivity index (χ2v) is 12.3. The van der Waals surface area contributed by atoms with Crippen LogP contribution < -0.4 is 5.73 Å². The molecule has 0 saturated carbocycles. The zero-order valence-corrected chi connectivity index (χ0v) is 29.3. The van der Waals surface area contributed by atoms with Crippen LogP contribution in [0.4, 0.5) is 0 Å². The van der Waals surface area contributed by atoms with Gasteiger partial charge in [-0.2, -0.15) is 22.0 Å². The topological polar surface area (TPSA) is 99.4 Å². The minimum atomic E-state index is 0.408. The Bertz CT molecular complexity index is 1560. The van der Waals surface area contributed by atoms with Gasteiger partial charge in [-0.05, 0) is 71.9 Å². The molecule has 46 heavy (non-hydrogen) atoms. The summed E-state index contributed by atoms with van der Waals surface area (Å²) in [6.45, 7) is 14.3. The molecule has 2 atom stereocenters. The lowest BCUT2D eigenvalue weighted by atomic mass is 9.96. The smallest absolute Gasteiger partial charge is 0.171 e. The maximum absolute atomic E-state index is 6.46. The molecular weight excluding hydrogens is 591 g/mol. The van der Waals surface area contributed by atoms with Crippen molar-refractivity contribution in [1.82, 2.24) is 15.4 Å². The lowest BCUT2D eigenvalue weighted by molar-refractivity contribution is 0.0700. The number of hydrogen-bond donors (Lipinski definition) is 1. The molecule has 1 aromatic carbocycles. The summed E-state index contributed by atoms with van der Waals surface area (Å²) in [4.78, 5) is 4.46. The standard InChI is InChI=1S/C21H28N4.C17H21NO2S/c1-6-9-10-19(12-11-18-13-14-24-25-15-18)20(17(5)23-8-3)21(22)16(4)7-2;1-12-8-9-15(19-12)10-21-11-16-13(2)18-20-17(16)14-6-4-3-5-7-14/h8,10,13-15H,6-7,9,22H2,1-5H3;3-7,12,15H,8-11H2,1-2H3/b19-10-,20-17-,21-16-,23-8?;. The van der Waals surface area contributed by atoms with Crippen LogP contribution in [0, 0.1) is 18.8 Å². The number of thioether (sulfide) groups is 1. The molecule has 0 spiro atoms. The molecule has 1 saturated heterocycles. The zero-order chi connectivity index (χ0) is 33.3. The average Bonchev–Trinajstić information content (AvgIpc) is 3.67. The van der Waals surface area contributed by atoms with Crippen molar-refractivity contribution in [2.75, 3.05) is 5.75 Å². The molecule has 1 fully saturated rings. The fraction of sp³-hybridized carbons (Fsp3) is 0.421. The zero-order valence-electron chi connectivity index (χ0n) is 28.5. The van der Waals surface area contributed by atoms with Gasteiger partial charge in [0.2, 0.25) is 0 Å². The molecule has 1 aliphatic heterocycles. The van der Waals surface area contributed by atoms with Gasteiger partial charge in [-0.3, -0.25) is 4.99 Å². The molecular formula is C38H49N5O2S. The summed E-state index contributed by atoms with van der Waals surface area (Å²) in [6.07, 6.45) is 13.3. The van der Waals surface area contributed by atoms with E-state index in [1.807, 2.05) is 56.8 Å². The van der Waals surface area contributed by atoms with Crippen LogP contribution in [0.2, 0.25) is 0 Å². The highest BCUT2D eigenvalue weighted by Crippen LogP contribution is 2.31. The Morgan fingerprint density at radius 2 is 1.91 bits per heavy atom. The quantitative estimate of drug-likeness (QED) is 0.127. The van der Waals surface area contributed by atoms with E-state index in [4.69, 9.17) is 15.0 Å². The average molecular weight is 640 g/mol. The molecule has 7 nitrogen and oxygen atoms in total. The third kappa shape index (κ3) is 11.1. The van der Waals surface area contributed by atoms with Crippen molar-refractivity contribution >= 4 is 18.0 Å². The van der Waals surface area contributed by atoms with E-state index in [0.717, 1.165) is 81.5 Å². The summed E-state index contributed by atoms with van der Waals surface area (Å²) in [5, 5.41) is 11.8. The number of allylic oxidation sites excluding steroid dienone is 4. The summed E-state index contributed by atoms with van der Waals surface area (Å²) in [6, 6.07) is 12.0. The van der Waals surface area contributed by atoms with Crippen LogP contribution in [-0.2, 0) is 10.5 Å². The number of aliphatic imine (C=N–C) groups is 1. The molecule has 3 heterocycles. The first-order valence-electron chi connectivity index (χ1n) is 16.2. The van der Waals surface area contributed by atoms with E-state index >= 15 is 0 Å². The van der Waals surface area contributed by atoms with Gasteiger partial charge in [-0.1, -0.05) is 73.7 Å². The first-order valence-corrected chi connectivity index (χ1v) is 17.3. The predicted molar refractivity (Wildman–Crippen MR) is 192 cm³/mol. The molecule has 3 aromatic rings. The number of benzene rings is 1. The van der Waals surface area contributed by atoms with E-state index in [-0.39, 0.29) is 0 Å². The molecule has 0 aliphatic carbocycles. The van der Waals surface area contributed by atoms with Crippen LogP contribution in [0.3, 0.4) is 0 Å². The van der Waals surface area contributed by atoms with Gasteiger partial charge in [-0.15, -0.1) is 0 Å². The van der Waals surface area contributed by atoms with Crippen molar-refractivity contribution in [3.8, 4) is 23.2 Å². The third-order valence-corrected chi connectivity index (χ3v) is 8.77. The Hall–Kier alpha value is -3.93. The van der Waals surface area contributed by atoms with Gasteiger partial charge < -0.3 is 15.0 Å². The summed E-state index contributed by atoms with van der Waals surface area (Å²) in [5.74, 6) is 9.30. The van der Waals surface area contributed by atoms with E-state index in [9.17, 15) is 0 Å². The second-order valence-electron chi connectivity index (χ2n) is 11.3. The monoisotopic (exact) mass is 639 g/mol. The van der Waals surface area contributed by atoms with Gasteiger partial charge in [0.05, 0.1) is 30.3 Å². The van der Waals surface area contributed by atoms with Crippen LogP contribution in [-0.4, -0.2) is 39.5 Å². The van der Waals surface area contributed by atoms with Crippen molar-refractivity contribution in [2.45, 2.75) is 98.5 Å². The maximum atomic E-state index is 6.46. The maximum Gasteiger partial charge on any atom is 0.171 e. The number of aryl methyl sites for hydroxylation is 1. The van der Waals surface area contributed by atoms with Crippen molar-refractivity contribution in [3.63, 3.8) is 0 Å². The number of rotatable bonds is 11. The molecule has 0 radical (unpaired) electrons. The van der Waals surface area contributed by atoms with Gasteiger partial charge in [0.25, 0.3) is 0 Å². The van der Waals surface area contributed by atoms with E-state index in [1.54, 1.807) is 18.6 Å². The predicted octanol–water partition coefficient (Wildman–Crippen LogP) is 9.01. The summed E-state index contributed by atoms with van der Waals surface area (Å²) < 4.78 is 11.4. The van der Waals surface area contributed by atoms with E-state index in [1.165, 1.54) is 18.4 Å². The Morgan fingerprint density at radius 1 is 1.13 bits per heavy atom. The number of ether oxygens (including phenoxy) is 1. The Morgan fingerprint density at radius 3 is 2.54 bits per heavy atom. The SMILES string of the molecule is CC=N/C(C)=C(C(/C#Cc1ccnnc1)=C\CCC)\C(N)=C(/C)CC.Cc1noc(-c2ccccc2)c1CSCC1CCC(C)O1. The van der Waals surface area contributed by atoms with Crippen LogP contribution >= 0.6 is 11.8 Å². The number of aromatic nitrogens is 3. The van der Waals surface area contributed by atoms with Crippen molar-refractivity contribution in [1.29, 1.82) is 0 Å². The molecule has 4 rings (SSSR count). The van der Waals surface area contributed by atoms with Crippen molar-refractivity contribution in [2.24, 2.45) is 10.7 Å². The first kappa shape index (κ1) is 36.5. The molecule has 1 aliphatic rings. The normalized spacial score (nSPS) is 17.5. The van der Waals surface area contributed by atoms with Gasteiger partial charge in [0.1, 0.15) is 0 Å². The second kappa shape index (κ2) is 19.6. The minimum absolute atomic E-state index is 0.408. The highest BCUT2D eigenvalue weighted by molar-refractivity contribution is 7.98. The van der Waals surface area contributed by atoms with E-state index in [0.29, 0.717) is 12.2 Å². The van der Waals surface area contributed by atoms with Gasteiger partial charge in [0.15, 0.2) is 5.76 Å². The molecule has 8 heteroatoms. The van der Waals surface area contributed by atoms with Crippen molar-refractivity contribution < 1.29 is 9.26 Å². The number of unbranched alkanes of at least 4 members (excludes halogenated alkanes) is 1. The Labute approximate surface area is 279 Å². The lowest BCUT2D eigenvalue weighted by Gasteiger charge is -2.13. The largest absolute Gasteiger partial charge is 0.398 e. The Balaban J connectivity index is 0.000000253. The van der Waals surface area contributed by atoms with Gasteiger partial charge in [-0.25, -0.2) is 0 Å². The minimum Gasteiger partial charge on any atom is -0.398 e.